The molecule has 0 amide bonds. The van der Waals surface area contributed by atoms with Crippen molar-refractivity contribution in [2.75, 3.05) is 0 Å². The lowest BCUT2D eigenvalue weighted by Gasteiger charge is -2.43. The average molecular weight is 485 g/mol. The summed E-state index contributed by atoms with van der Waals surface area (Å²) in [5.41, 5.74) is 0. The van der Waals surface area contributed by atoms with Gasteiger partial charge in [-0.2, -0.15) is 0 Å². The van der Waals surface area contributed by atoms with E-state index in [2.05, 4.69) is 80.8 Å². The minimum absolute atomic E-state index is 0.137. The van der Waals surface area contributed by atoms with E-state index < -0.39 is 34.5 Å². The summed E-state index contributed by atoms with van der Waals surface area (Å²) in [6.45, 7) is 26.9. The Morgan fingerprint density at radius 1 is 0.483 bits per heavy atom. The maximum atomic E-state index is 6.62. The SMILES string of the molecule is CCC(C)O[Si](C)(C)O[Si](C)(O[Si](C)(C)OC(C)CC)O[Si](C)(C)OC(C)CC. The lowest BCUT2D eigenvalue weighted by atomic mass is 10.3. The van der Waals surface area contributed by atoms with Crippen molar-refractivity contribution >= 4 is 34.5 Å². The van der Waals surface area contributed by atoms with E-state index in [0.29, 0.717) is 0 Å². The second-order valence-electron chi connectivity index (χ2n) is 9.38. The quantitative estimate of drug-likeness (QED) is 0.260. The highest BCUT2D eigenvalue weighted by Gasteiger charge is 2.52. The molecule has 0 bridgehead atoms. The molecular formula is C19H48O6Si4. The van der Waals surface area contributed by atoms with Gasteiger partial charge in [0.15, 0.2) is 0 Å². The first-order chi connectivity index (χ1) is 13.0. The summed E-state index contributed by atoms with van der Waals surface area (Å²) in [7, 11) is -10.5. The Morgan fingerprint density at radius 3 is 0.862 bits per heavy atom. The van der Waals surface area contributed by atoms with E-state index in [-0.39, 0.29) is 18.3 Å². The molecule has 0 aromatic carbocycles. The topological polar surface area (TPSA) is 55.4 Å². The monoisotopic (exact) mass is 484 g/mol. The van der Waals surface area contributed by atoms with Crippen LogP contribution in [0.2, 0.25) is 45.8 Å². The Hall–Kier alpha value is 0.628. The molecule has 6 nitrogen and oxygen atoms in total. The molecule has 0 aliphatic carbocycles. The second-order valence-corrected chi connectivity index (χ2v) is 22.7. The van der Waals surface area contributed by atoms with E-state index in [4.69, 9.17) is 25.6 Å². The van der Waals surface area contributed by atoms with Crippen LogP contribution in [-0.2, 0) is 25.6 Å². The molecule has 3 unspecified atom stereocenters. The van der Waals surface area contributed by atoms with Crippen LogP contribution < -0.4 is 0 Å². The van der Waals surface area contributed by atoms with Crippen molar-refractivity contribution in [3.8, 4) is 0 Å². The molecule has 0 saturated heterocycles. The fourth-order valence-electron chi connectivity index (χ4n) is 3.18. The Labute approximate surface area is 185 Å². The largest absolute Gasteiger partial charge is 0.470 e. The summed E-state index contributed by atoms with van der Waals surface area (Å²) in [5.74, 6) is 0. The molecule has 0 rings (SSSR count). The zero-order valence-electron chi connectivity index (χ0n) is 21.3. The summed E-state index contributed by atoms with van der Waals surface area (Å²) < 4.78 is 38.6. The van der Waals surface area contributed by atoms with E-state index in [0.717, 1.165) is 19.3 Å². The van der Waals surface area contributed by atoms with Crippen LogP contribution >= 0.6 is 0 Å². The molecular weight excluding hydrogens is 437 g/mol. The molecule has 0 saturated carbocycles. The Kier molecular flexibility index (Phi) is 12.3. The maximum Gasteiger partial charge on any atom is 0.470 e. The van der Waals surface area contributed by atoms with E-state index >= 15 is 0 Å². The predicted octanol–water partition coefficient (Wildman–Crippen LogP) is 6.16. The summed E-state index contributed by atoms with van der Waals surface area (Å²) in [4.78, 5) is 0. The van der Waals surface area contributed by atoms with Crippen molar-refractivity contribution in [1.82, 2.24) is 0 Å². The number of rotatable bonds is 15. The van der Waals surface area contributed by atoms with Crippen molar-refractivity contribution in [2.24, 2.45) is 0 Å². The zero-order chi connectivity index (χ0) is 23.1. The van der Waals surface area contributed by atoms with Crippen molar-refractivity contribution in [1.29, 1.82) is 0 Å². The van der Waals surface area contributed by atoms with Crippen LogP contribution in [0.1, 0.15) is 60.8 Å². The molecule has 0 fully saturated rings. The Bertz CT molecular complexity index is 411. The zero-order valence-corrected chi connectivity index (χ0v) is 25.3. The molecule has 29 heavy (non-hydrogen) atoms. The molecule has 3 atom stereocenters. The van der Waals surface area contributed by atoms with Gasteiger partial charge in [0.2, 0.25) is 0 Å². The fourth-order valence-corrected chi connectivity index (χ4v) is 19.5. The third-order valence-electron chi connectivity index (χ3n) is 4.47. The molecule has 0 heterocycles. The molecule has 0 radical (unpaired) electrons. The van der Waals surface area contributed by atoms with Crippen LogP contribution in [0.3, 0.4) is 0 Å². The van der Waals surface area contributed by atoms with Gasteiger partial charge >= 0.3 is 34.5 Å². The van der Waals surface area contributed by atoms with Crippen molar-refractivity contribution in [3.05, 3.63) is 0 Å². The average Bonchev–Trinajstić information content (AvgIpc) is 2.50. The Balaban J connectivity index is 5.66. The molecule has 0 aliphatic heterocycles. The number of hydrogen-bond donors (Lipinski definition) is 0. The van der Waals surface area contributed by atoms with Gasteiger partial charge in [-0.15, -0.1) is 0 Å². The fraction of sp³-hybridized carbons (Fsp3) is 1.00. The van der Waals surface area contributed by atoms with Gasteiger partial charge in [0.05, 0.1) is 0 Å². The minimum atomic E-state index is -3.08. The molecule has 0 aromatic heterocycles. The van der Waals surface area contributed by atoms with Crippen LogP contribution in [0, 0.1) is 0 Å². The lowest BCUT2D eigenvalue weighted by molar-refractivity contribution is 0.102. The summed E-state index contributed by atoms with van der Waals surface area (Å²) in [5, 5.41) is 0. The van der Waals surface area contributed by atoms with Crippen molar-refractivity contribution in [2.45, 2.75) is 125 Å². The lowest BCUT2D eigenvalue weighted by Crippen LogP contribution is -2.62. The Morgan fingerprint density at radius 2 is 0.690 bits per heavy atom. The highest BCUT2D eigenvalue weighted by molar-refractivity contribution is 6.86. The summed E-state index contributed by atoms with van der Waals surface area (Å²) in [6.07, 6.45) is 3.23. The first kappa shape index (κ1) is 29.6. The van der Waals surface area contributed by atoms with Gasteiger partial charge in [0, 0.05) is 24.9 Å². The molecule has 10 heteroatoms. The van der Waals surface area contributed by atoms with Gasteiger partial charge in [-0.05, 0) is 79.3 Å². The van der Waals surface area contributed by atoms with E-state index in [1.54, 1.807) is 0 Å². The van der Waals surface area contributed by atoms with Gasteiger partial charge < -0.3 is 25.6 Å². The van der Waals surface area contributed by atoms with Crippen LogP contribution in [0.25, 0.3) is 0 Å². The first-order valence-electron chi connectivity index (χ1n) is 11.1. The van der Waals surface area contributed by atoms with Crippen molar-refractivity contribution < 1.29 is 25.6 Å². The highest BCUT2D eigenvalue weighted by atomic mass is 28.5. The normalized spacial score (nSPS) is 18.9. The van der Waals surface area contributed by atoms with E-state index in [1.165, 1.54) is 0 Å². The highest BCUT2D eigenvalue weighted by Crippen LogP contribution is 2.29. The molecule has 0 spiro atoms. The van der Waals surface area contributed by atoms with Crippen LogP contribution in [0.5, 0.6) is 0 Å². The van der Waals surface area contributed by atoms with Gasteiger partial charge in [-0.25, -0.2) is 0 Å². The number of hydrogen-bond acceptors (Lipinski definition) is 6. The van der Waals surface area contributed by atoms with Crippen LogP contribution in [0.15, 0.2) is 0 Å². The smallest absolute Gasteiger partial charge is 0.394 e. The second kappa shape index (κ2) is 12.0. The standard InChI is InChI=1S/C19H48O6Si4/c1-14-17(4)20-26(7,8)23-29(13,24-27(9,10)21-18(5)15-2)25-28(11,12)22-19(6)16-3/h17-19H,14-16H2,1-13H3. The molecule has 176 valence electrons. The summed E-state index contributed by atoms with van der Waals surface area (Å²) >= 11 is 0. The van der Waals surface area contributed by atoms with Gasteiger partial charge in [0.25, 0.3) is 0 Å². The maximum absolute atomic E-state index is 6.62. The van der Waals surface area contributed by atoms with Gasteiger partial charge in [-0.3, -0.25) is 0 Å². The van der Waals surface area contributed by atoms with Gasteiger partial charge in [0.1, 0.15) is 0 Å². The van der Waals surface area contributed by atoms with Crippen LogP contribution in [-0.4, -0.2) is 52.8 Å². The predicted molar refractivity (Wildman–Crippen MR) is 130 cm³/mol. The third-order valence-corrected chi connectivity index (χ3v) is 17.7. The van der Waals surface area contributed by atoms with E-state index in [1.807, 2.05) is 6.55 Å². The summed E-state index contributed by atoms with van der Waals surface area (Å²) in [6, 6.07) is 0. The first-order valence-corrected chi connectivity index (χ1v) is 21.8. The van der Waals surface area contributed by atoms with E-state index in [9.17, 15) is 0 Å². The van der Waals surface area contributed by atoms with Crippen LogP contribution in [0.4, 0.5) is 0 Å². The molecule has 0 aromatic rings. The molecule has 0 N–H and O–H groups in total. The minimum Gasteiger partial charge on any atom is -0.394 e. The molecule has 0 aliphatic rings. The van der Waals surface area contributed by atoms with Gasteiger partial charge in [-0.1, -0.05) is 20.8 Å². The van der Waals surface area contributed by atoms with Crippen molar-refractivity contribution in [3.63, 3.8) is 0 Å². The third kappa shape index (κ3) is 12.9.